The van der Waals surface area contributed by atoms with Crippen LogP contribution in [0.15, 0.2) is 72.8 Å². The normalized spacial score (nSPS) is 12.5. The van der Waals surface area contributed by atoms with E-state index in [0.29, 0.717) is 34.0 Å². The summed E-state index contributed by atoms with van der Waals surface area (Å²) in [5, 5.41) is 32.3. The third-order valence-corrected chi connectivity index (χ3v) is 7.02. The van der Waals surface area contributed by atoms with Crippen LogP contribution in [0.1, 0.15) is 55.3 Å². The maximum absolute atomic E-state index is 14.0. The van der Waals surface area contributed by atoms with Gasteiger partial charge < -0.3 is 25.2 Å². The van der Waals surface area contributed by atoms with Crippen LogP contribution in [0.5, 0.6) is 0 Å². The molecule has 0 aliphatic rings. The Kier molecular flexibility index (Phi) is 12.4. The van der Waals surface area contributed by atoms with Gasteiger partial charge in [-0.1, -0.05) is 42.5 Å². The second kappa shape index (κ2) is 15.5. The maximum atomic E-state index is 14.0. The average molecular weight is 619 g/mol. The van der Waals surface area contributed by atoms with Gasteiger partial charge in [-0.3, -0.25) is 9.59 Å². The fourth-order valence-electron chi connectivity index (χ4n) is 5.33. The van der Waals surface area contributed by atoms with Gasteiger partial charge in [-0.15, -0.1) is 0 Å². The van der Waals surface area contributed by atoms with Crippen LogP contribution in [0, 0.1) is 17.5 Å². The van der Waals surface area contributed by atoms with Gasteiger partial charge in [0.15, 0.2) is 0 Å². The number of hydrogen-bond donors (Lipinski definition) is 4. The first-order valence-electron chi connectivity index (χ1n) is 13.9. The van der Waals surface area contributed by atoms with E-state index < -0.39 is 48.0 Å². The van der Waals surface area contributed by atoms with Gasteiger partial charge in [0.05, 0.1) is 18.6 Å². The number of carbonyl (C=O) groups excluding carboxylic acids is 1. The monoisotopic (exact) mass is 618 g/mol. The minimum absolute atomic E-state index is 0. The van der Waals surface area contributed by atoms with Crippen LogP contribution < -0.4 is 5.32 Å². The number of nitrogens with zero attached hydrogens (tertiary/aromatic N) is 1. The van der Waals surface area contributed by atoms with Crippen LogP contribution in [0.3, 0.4) is 0 Å². The Morgan fingerprint density at radius 2 is 1.41 bits per heavy atom. The molecule has 3 aromatic carbocycles. The topological polar surface area (TPSA) is 112 Å². The molecular weight excluding hydrogens is 584 g/mol. The molecule has 0 bridgehead atoms. The van der Waals surface area contributed by atoms with Crippen LogP contribution in [-0.4, -0.2) is 73.5 Å². The van der Waals surface area contributed by atoms with Gasteiger partial charge in [0, 0.05) is 34.6 Å². The number of nitrogens with one attached hydrogen (secondary N) is 1. The quantitative estimate of drug-likeness (QED) is 0.147. The van der Waals surface area contributed by atoms with Crippen molar-refractivity contribution in [3.8, 4) is 22.3 Å². The molecule has 1 amide bonds. The summed E-state index contributed by atoms with van der Waals surface area (Å²) in [7, 11) is 0. The molecule has 2 atom stereocenters. The number of rotatable bonds is 12. The molecule has 0 unspecified atom stereocenters. The number of carbonyl (C=O) groups is 2. The van der Waals surface area contributed by atoms with Gasteiger partial charge >= 0.3 is 35.5 Å². The molecule has 7 nitrogen and oxygen atoms in total. The second-order valence-electron chi connectivity index (χ2n) is 10.7. The van der Waals surface area contributed by atoms with Gasteiger partial charge in [-0.25, -0.2) is 13.2 Å². The number of carboxylic acids is 1. The minimum atomic E-state index is -1.24. The van der Waals surface area contributed by atoms with Crippen LogP contribution in [0.25, 0.3) is 22.3 Å². The molecule has 0 saturated heterocycles. The zero-order chi connectivity index (χ0) is 31.3. The van der Waals surface area contributed by atoms with Crippen molar-refractivity contribution in [2.24, 2.45) is 0 Å². The predicted octanol–water partition coefficient (Wildman–Crippen LogP) is 5.94. The van der Waals surface area contributed by atoms with Gasteiger partial charge in [-0.2, -0.15) is 0 Å². The number of anilines is 1. The van der Waals surface area contributed by atoms with E-state index in [1.165, 1.54) is 12.1 Å². The second-order valence-corrected chi connectivity index (χ2v) is 10.7. The van der Waals surface area contributed by atoms with Crippen molar-refractivity contribution < 1.29 is 38.1 Å². The SMILES string of the molecule is CC(C)n1c(CC[C@@H](O)C[C@@H](O)CC(=O)O)c(-c2ccc(F)cc2)c(-c2ccccc2)c1C(=O)Nc1cc(F)cc(F)c1.[NaH]. The fourth-order valence-corrected chi connectivity index (χ4v) is 5.33. The molecule has 4 rings (SSSR count). The zero-order valence-electron chi connectivity index (χ0n) is 23.7. The summed E-state index contributed by atoms with van der Waals surface area (Å²) < 4.78 is 43.8. The zero-order valence-corrected chi connectivity index (χ0v) is 23.7. The summed E-state index contributed by atoms with van der Waals surface area (Å²) in [6, 6.07) is 17.2. The molecule has 0 aliphatic carbocycles. The molecule has 0 aliphatic heterocycles. The molecule has 1 heterocycles. The number of halogens is 3. The van der Waals surface area contributed by atoms with E-state index in [9.17, 15) is 33.0 Å². The first-order chi connectivity index (χ1) is 20.4. The summed E-state index contributed by atoms with van der Waals surface area (Å²) in [4.78, 5) is 25.0. The Morgan fingerprint density at radius 3 is 1.98 bits per heavy atom. The van der Waals surface area contributed by atoms with E-state index in [1.54, 1.807) is 28.8 Å². The van der Waals surface area contributed by atoms with E-state index in [4.69, 9.17) is 5.11 Å². The summed E-state index contributed by atoms with van der Waals surface area (Å²) in [6.45, 7) is 3.72. The van der Waals surface area contributed by atoms with E-state index >= 15 is 0 Å². The molecule has 0 spiro atoms. The third-order valence-electron chi connectivity index (χ3n) is 7.02. The molecule has 44 heavy (non-hydrogen) atoms. The number of aliphatic hydroxyl groups is 2. The van der Waals surface area contributed by atoms with Crippen molar-refractivity contribution in [1.29, 1.82) is 0 Å². The first-order valence-corrected chi connectivity index (χ1v) is 13.9. The Morgan fingerprint density at radius 1 is 0.818 bits per heavy atom. The molecule has 0 radical (unpaired) electrons. The molecule has 1 aromatic heterocycles. The Hall–Kier alpha value is -3.41. The summed E-state index contributed by atoms with van der Waals surface area (Å²) in [6.07, 6.45) is -2.65. The van der Waals surface area contributed by atoms with E-state index in [2.05, 4.69) is 5.32 Å². The number of benzene rings is 3. The van der Waals surface area contributed by atoms with E-state index in [-0.39, 0.29) is 66.2 Å². The number of hydrogen-bond acceptors (Lipinski definition) is 4. The number of carboxylic acid groups (broad SMARTS) is 1. The van der Waals surface area contributed by atoms with Crippen molar-refractivity contribution in [3.63, 3.8) is 0 Å². The number of aliphatic hydroxyl groups excluding tert-OH is 2. The van der Waals surface area contributed by atoms with Gasteiger partial charge in [-0.05, 0) is 68.5 Å². The van der Waals surface area contributed by atoms with Crippen LogP contribution >= 0.6 is 0 Å². The molecule has 228 valence electrons. The van der Waals surface area contributed by atoms with Crippen molar-refractivity contribution in [2.75, 3.05) is 5.32 Å². The number of aromatic nitrogens is 1. The Labute approximate surface area is 275 Å². The molecular formula is C33H34F3N2NaO5. The van der Waals surface area contributed by atoms with Crippen molar-refractivity contribution in [1.82, 2.24) is 4.57 Å². The van der Waals surface area contributed by atoms with Crippen LogP contribution in [0.4, 0.5) is 18.9 Å². The summed E-state index contributed by atoms with van der Waals surface area (Å²) in [5.41, 5.74) is 3.12. The average Bonchev–Trinajstić information content (AvgIpc) is 3.27. The van der Waals surface area contributed by atoms with E-state index in [1.807, 2.05) is 32.0 Å². The molecule has 0 saturated carbocycles. The number of amides is 1. The molecule has 11 heteroatoms. The third kappa shape index (κ3) is 8.61. The van der Waals surface area contributed by atoms with Crippen molar-refractivity contribution >= 4 is 47.1 Å². The van der Waals surface area contributed by atoms with Crippen molar-refractivity contribution in [3.05, 3.63) is 102 Å². The van der Waals surface area contributed by atoms with Gasteiger partial charge in [0.25, 0.3) is 5.91 Å². The molecule has 4 N–H and O–H groups in total. The Balaban J connectivity index is 0.00000529. The van der Waals surface area contributed by atoms with Gasteiger partial charge in [0.1, 0.15) is 23.1 Å². The van der Waals surface area contributed by atoms with Gasteiger partial charge in [0.2, 0.25) is 0 Å². The fraction of sp³-hybridized carbons (Fsp3) is 0.273. The van der Waals surface area contributed by atoms with E-state index in [0.717, 1.165) is 12.1 Å². The molecule has 4 aromatic rings. The Bertz CT molecular complexity index is 1570. The standard InChI is InChI=1S/C33H33F3N2O5.Na.H/c1-19(2)38-28(13-12-26(39)17-27(40)18-29(41)42)30(21-8-10-22(34)11-9-21)31(20-6-4-3-5-7-20)32(38)33(43)37-25-15-23(35)14-24(36)16-25;;/h3-11,14-16,19,26-27,39-40H,12-13,17-18H2,1-2H3,(H,37,43)(H,41,42);;/t26-,27-;;/m1../s1. The predicted molar refractivity (Wildman–Crippen MR) is 164 cm³/mol. The first kappa shape index (κ1) is 35.1. The summed E-state index contributed by atoms with van der Waals surface area (Å²) >= 11 is 0. The van der Waals surface area contributed by atoms with Crippen LogP contribution in [0.2, 0.25) is 0 Å². The summed E-state index contributed by atoms with van der Waals surface area (Å²) in [5.74, 6) is -3.99. The van der Waals surface area contributed by atoms with Crippen LogP contribution in [-0.2, 0) is 11.2 Å². The van der Waals surface area contributed by atoms with Crippen molar-refractivity contribution in [2.45, 2.75) is 57.8 Å². The number of aliphatic carboxylic acids is 1. The molecule has 0 fully saturated rings.